The first-order valence-corrected chi connectivity index (χ1v) is 4.14. The number of methoxy groups -OCH3 is 3. The minimum Gasteiger partial charge on any atom is -0.494 e. The van der Waals surface area contributed by atoms with Crippen LogP contribution in [0.1, 0.15) is 10.4 Å². The van der Waals surface area contributed by atoms with E-state index < -0.39 is 11.8 Å². The van der Waals surface area contributed by atoms with Crippen LogP contribution in [0.4, 0.5) is 4.39 Å². The number of esters is 1. The van der Waals surface area contributed by atoms with Gasteiger partial charge in [-0.15, -0.1) is 0 Å². The SMILES string of the molecule is COC(=O)c1ccc(OC)c(F)c1OC. The van der Waals surface area contributed by atoms with Gasteiger partial charge in [0.15, 0.2) is 11.5 Å². The van der Waals surface area contributed by atoms with Crippen molar-refractivity contribution in [2.45, 2.75) is 0 Å². The van der Waals surface area contributed by atoms with Crippen molar-refractivity contribution in [1.29, 1.82) is 0 Å². The number of hydrogen-bond acceptors (Lipinski definition) is 4. The smallest absolute Gasteiger partial charge is 0.341 e. The molecule has 4 nitrogen and oxygen atoms in total. The van der Waals surface area contributed by atoms with Crippen LogP contribution < -0.4 is 9.47 Å². The van der Waals surface area contributed by atoms with Gasteiger partial charge in [0.2, 0.25) is 5.82 Å². The molecule has 5 heteroatoms. The zero-order chi connectivity index (χ0) is 11.4. The van der Waals surface area contributed by atoms with Crippen molar-refractivity contribution >= 4 is 5.97 Å². The fourth-order valence-corrected chi connectivity index (χ4v) is 1.17. The van der Waals surface area contributed by atoms with Crippen LogP contribution in [0.25, 0.3) is 0 Å². The molecule has 0 aromatic heterocycles. The number of halogens is 1. The summed E-state index contributed by atoms with van der Waals surface area (Å²) in [6, 6.07) is 2.72. The van der Waals surface area contributed by atoms with Gasteiger partial charge in [-0.25, -0.2) is 4.79 Å². The molecule has 0 fully saturated rings. The summed E-state index contributed by atoms with van der Waals surface area (Å²) in [7, 11) is 3.81. The summed E-state index contributed by atoms with van der Waals surface area (Å²) in [6.45, 7) is 0. The van der Waals surface area contributed by atoms with Crippen molar-refractivity contribution in [2.75, 3.05) is 21.3 Å². The Morgan fingerprint density at radius 3 is 2.33 bits per heavy atom. The minimum atomic E-state index is -0.720. The molecule has 0 saturated heterocycles. The van der Waals surface area contributed by atoms with Crippen molar-refractivity contribution < 1.29 is 23.4 Å². The topological polar surface area (TPSA) is 44.8 Å². The van der Waals surface area contributed by atoms with E-state index in [0.29, 0.717) is 0 Å². The number of carbonyl (C=O) groups is 1. The fourth-order valence-electron chi connectivity index (χ4n) is 1.17. The van der Waals surface area contributed by atoms with Crippen molar-refractivity contribution in [2.24, 2.45) is 0 Å². The third kappa shape index (κ3) is 2.01. The average Bonchev–Trinajstić information content (AvgIpc) is 2.27. The van der Waals surface area contributed by atoms with Crippen LogP contribution in [0.15, 0.2) is 12.1 Å². The van der Waals surface area contributed by atoms with Crippen LogP contribution in [-0.2, 0) is 4.74 Å². The largest absolute Gasteiger partial charge is 0.494 e. The van der Waals surface area contributed by atoms with Gasteiger partial charge in [0.05, 0.1) is 21.3 Å². The maximum absolute atomic E-state index is 13.6. The third-order valence-corrected chi connectivity index (χ3v) is 1.89. The van der Waals surface area contributed by atoms with Crippen molar-refractivity contribution in [3.63, 3.8) is 0 Å². The monoisotopic (exact) mass is 214 g/mol. The summed E-state index contributed by atoms with van der Waals surface area (Å²) in [5.41, 5.74) is 0.0262. The number of rotatable bonds is 3. The molecule has 1 aromatic rings. The third-order valence-electron chi connectivity index (χ3n) is 1.89. The van der Waals surface area contributed by atoms with E-state index in [-0.39, 0.29) is 17.1 Å². The van der Waals surface area contributed by atoms with Crippen LogP contribution in [0.5, 0.6) is 11.5 Å². The molecule has 0 aliphatic carbocycles. The molecule has 0 radical (unpaired) electrons. The van der Waals surface area contributed by atoms with Crippen molar-refractivity contribution in [3.05, 3.63) is 23.5 Å². The molecule has 0 bridgehead atoms. The second kappa shape index (κ2) is 4.63. The Bertz CT molecular complexity index is 376. The van der Waals surface area contributed by atoms with Crippen LogP contribution >= 0.6 is 0 Å². The highest BCUT2D eigenvalue weighted by molar-refractivity contribution is 5.92. The van der Waals surface area contributed by atoms with Gasteiger partial charge in [0.1, 0.15) is 5.56 Å². The Kier molecular flexibility index (Phi) is 3.49. The van der Waals surface area contributed by atoms with E-state index in [1.54, 1.807) is 0 Å². The molecule has 0 N–H and O–H groups in total. The lowest BCUT2D eigenvalue weighted by Crippen LogP contribution is -2.06. The van der Waals surface area contributed by atoms with Crippen molar-refractivity contribution in [1.82, 2.24) is 0 Å². The Labute approximate surface area is 86.6 Å². The first-order chi connectivity index (χ1) is 7.15. The molecule has 0 amide bonds. The molecule has 0 unspecified atom stereocenters. The van der Waals surface area contributed by atoms with E-state index in [0.717, 1.165) is 0 Å². The highest BCUT2D eigenvalue weighted by atomic mass is 19.1. The summed E-state index contributed by atoms with van der Waals surface area (Å²) in [4.78, 5) is 11.2. The lowest BCUT2D eigenvalue weighted by atomic mass is 10.2. The molecule has 0 spiro atoms. The summed E-state index contributed by atoms with van der Waals surface area (Å²) in [5.74, 6) is -1.54. The van der Waals surface area contributed by atoms with Gasteiger partial charge in [-0.3, -0.25) is 0 Å². The first-order valence-electron chi connectivity index (χ1n) is 4.14. The molecule has 0 aliphatic heterocycles. The maximum Gasteiger partial charge on any atom is 0.341 e. The van der Waals surface area contributed by atoms with Gasteiger partial charge in [-0.2, -0.15) is 4.39 Å². The fraction of sp³-hybridized carbons (Fsp3) is 0.300. The molecule has 82 valence electrons. The molecular formula is C10H11FO4. The summed E-state index contributed by atoms with van der Waals surface area (Å²) in [5, 5.41) is 0. The predicted molar refractivity (Wildman–Crippen MR) is 50.8 cm³/mol. The molecule has 0 heterocycles. The minimum absolute atomic E-state index is 0.0134. The second-order valence-electron chi connectivity index (χ2n) is 2.65. The Morgan fingerprint density at radius 1 is 1.20 bits per heavy atom. The van der Waals surface area contributed by atoms with Gasteiger partial charge in [-0.1, -0.05) is 0 Å². The molecule has 1 rings (SSSR count). The van der Waals surface area contributed by atoms with E-state index in [9.17, 15) is 9.18 Å². The summed E-state index contributed by atoms with van der Waals surface area (Å²) >= 11 is 0. The highest BCUT2D eigenvalue weighted by Crippen LogP contribution is 2.30. The number of hydrogen-bond donors (Lipinski definition) is 0. The quantitative estimate of drug-likeness (QED) is 0.717. The van der Waals surface area contributed by atoms with Crippen LogP contribution in [0.2, 0.25) is 0 Å². The van der Waals surface area contributed by atoms with Crippen molar-refractivity contribution in [3.8, 4) is 11.5 Å². The Morgan fingerprint density at radius 2 is 1.87 bits per heavy atom. The number of benzene rings is 1. The molecule has 0 atom stereocenters. The molecule has 15 heavy (non-hydrogen) atoms. The predicted octanol–water partition coefficient (Wildman–Crippen LogP) is 1.63. The van der Waals surface area contributed by atoms with E-state index in [4.69, 9.17) is 9.47 Å². The van der Waals surface area contributed by atoms with Gasteiger partial charge >= 0.3 is 5.97 Å². The Hall–Kier alpha value is -1.78. The average molecular weight is 214 g/mol. The standard InChI is InChI=1S/C10H11FO4/c1-13-7-5-4-6(10(12)15-3)9(14-2)8(7)11/h4-5H,1-3H3. The normalized spacial score (nSPS) is 9.60. The maximum atomic E-state index is 13.6. The zero-order valence-corrected chi connectivity index (χ0v) is 8.67. The Balaban J connectivity index is 3.30. The van der Waals surface area contributed by atoms with Crippen LogP contribution in [0, 0.1) is 5.82 Å². The lowest BCUT2D eigenvalue weighted by molar-refractivity contribution is 0.0596. The lowest BCUT2D eigenvalue weighted by Gasteiger charge is -2.10. The van der Waals surface area contributed by atoms with Crippen LogP contribution in [-0.4, -0.2) is 27.3 Å². The highest BCUT2D eigenvalue weighted by Gasteiger charge is 2.19. The van der Waals surface area contributed by atoms with E-state index in [1.165, 1.54) is 33.5 Å². The van der Waals surface area contributed by atoms with Gasteiger partial charge < -0.3 is 14.2 Å². The summed E-state index contributed by atoms with van der Waals surface area (Å²) < 4.78 is 27.6. The van der Waals surface area contributed by atoms with Gasteiger partial charge in [0, 0.05) is 0 Å². The zero-order valence-electron chi connectivity index (χ0n) is 8.67. The first kappa shape index (κ1) is 11.3. The number of ether oxygens (including phenoxy) is 3. The number of carbonyl (C=O) groups excluding carboxylic acids is 1. The molecular weight excluding hydrogens is 203 g/mol. The van der Waals surface area contributed by atoms with Gasteiger partial charge in [-0.05, 0) is 12.1 Å². The van der Waals surface area contributed by atoms with E-state index >= 15 is 0 Å². The molecule has 1 aromatic carbocycles. The van der Waals surface area contributed by atoms with Crippen LogP contribution in [0.3, 0.4) is 0 Å². The molecule has 0 saturated carbocycles. The van der Waals surface area contributed by atoms with Gasteiger partial charge in [0.25, 0.3) is 0 Å². The summed E-state index contributed by atoms with van der Waals surface area (Å²) in [6.07, 6.45) is 0. The molecule has 0 aliphatic rings. The van der Waals surface area contributed by atoms with E-state index in [1.807, 2.05) is 0 Å². The van der Waals surface area contributed by atoms with E-state index in [2.05, 4.69) is 4.74 Å². The second-order valence-corrected chi connectivity index (χ2v) is 2.65.